The summed E-state index contributed by atoms with van der Waals surface area (Å²) < 4.78 is 0.782. The second kappa shape index (κ2) is 5.18. The Morgan fingerprint density at radius 3 is 2.88 bits per heavy atom. The predicted molar refractivity (Wildman–Crippen MR) is 68.3 cm³/mol. The van der Waals surface area contributed by atoms with Crippen molar-refractivity contribution in [2.24, 2.45) is 5.92 Å². The van der Waals surface area contributed by atoms with Gasteiger partial charge < -0.3 is 10.0 Å². The van der Waals surface area contributed by atoms with Crippen LogP contribution in [0.1, 0.15) is 22.5 Å². The average molecular weight is 318 g/mol. The first-order valence-corrected chi connectivity index (χ1v) is 7.02. The average Bonchev–Trinajstić information content (AvgIpc) is 2.74. The number of thiophene rings is 1. The minimum atomic E-state index is -0.812. The quantitative estimate of drug-likeness (QED) is 0.911. The van der Waals surface area contributed by atoms with Crippen LogP contribution in [-0.4, -0.2) is 35.0 Å². The third kappa shape index (κ3) is 2.69. The van der Waals surface area contributed by atoms with Crippen molar-refractivity contribution < 1.29 is 14.7 Å². The van der Waals surface area contributed by atoms with Crippen LogP contribution in [0, 0.1) is 5.92 Å². The van der Waals surface area contributed by atoms with Gasteiger partial charge in [0.25, 0.3) is 5.91 Å². The molecule has 0 spiro atoms. The molecular weight excluding hydrogens is 306 g/mol. The van der Waals surface area contributed by atoms with Crippen molar-refractivity contribution in [3.05, 3.63) is 20.8 Å². The van der Waals surface area contributed by atoms with Crippen LogP contribution in [0.15, 0.2) is 15.9 Å². The number of nitrogens with zero attached hydrogens (tertiary/aromatic N) is 1. The molecule has 1 aliphatic heterocycles. The van der Waals surface area contributed by atoms with E-state index in [1.807, 2.05) is 11.4 Å². The number of piperidine rings is 1. The highest BCUT2D eigenvalue weighted by molar-refractivity contribution is 9.10. The number of hydrogen-bond acceptors (Lipinski definition) is 3. The van der Waals surface area contributed by atoms with Gasteiger partial charge in [-0.2, -0.15) is 0 Å². The van der Waals surface area contributed by atoms with Crippen molar-refractivity contribution in [3.8, 4) is 0 Å². The molecule has 0 aromatic carbocycles. The lowest BCUT2D eigenvalue weighted by atomic mass is 9.98. The Kier molecular flexibility index (Phi) is 3.83. The number of hydrogen-bond donors (Lipinski definition) is 1. The third-order valence-electron chi connectivity index (χ3n) is 2.87. The van der Waals surface area contributed by atoms with Gasteiger partial charge >= 0.3 is 5.97 Å². The summed E-state index contributed by atoms with van der Waals surface area (Å²) in [6.45, 7) is 0.964. The Bertz CT molecular complexity index is 446. The highest BCUT2D eigenvalue weighted by atomic mass is 79.9. The van der Waals surface area contributed by atoms with Crippen LogP contribution in [0.5, 0.6) is 0 Å². The van der Waals surface area contributed by atoms with Crippen LogP contribution in [0.4, 0.5) is 0 Å². The summed E-state index contributed by atoms with van der Waals surface area (Å²) >= 11 is 4.70. The van der Waals surface area contributed by atoms with E-state index in [1.165, 1.54) is 11.3 Å². The van der Waals surface area contributed by atoms with Crippen molar-refractivity contribution >= 4 is 39.1 Å². The molecule has 1 fully saturated rings. The molecule has 1 aliphatic rings. The largest absolute Gasteiger partial charge is 0.481 e. The summed E-state index contributed by atoms with van der Waals surface area (Å²) in [5, 5.41) is 10.8. The maximum Gasteiger partial charge on any atom is 0.308 e. The van der Waals surface area contributed by atoms with Crippen molar-refractivity contribution in [3.63, 3.8) is 0 Å². The van der Waals surface area contributed by atoms with E-state index in [-0.39, 0.29) is 5.91 Å². The van der Waals surface area contributed by atoms with Crippen molar-refractivity contribution in [2.45, 2.75) is 12.8 Å². The van der Waals surface area contributed by atoms with Crippen LogP contribution in [0.2, 0.25) is 0 Å². The molecule has 0 aliphatic carbocycles. The number of halogens is 1. The molecule has 0 unspecified atom stereocenters. The molecule has 1 N–H and O–H groups in total. The number of carboxylic acid groups (broad SMARTS) is 1. The van der Waals surface area contributed by atoms with Gasteiger partial charge in [0.1, 0.15) is 4.88 Å². The van der Waals surface area contributed by atoms with Gasteiger partial charge in [-0.3, -0.25) is 9.59 Å². The van der Waals surface area contributed by atoms with Gasteiger partial charge in [-0.1, -0.05) is 0 Å². The van der Waals surface area contributed by atoms with Gasteiger partial charge in [0.05, 0.1) is 5.92 Å². The van der Waals surface area contributed by atoms with Crippen LogP contribution >= 0.6 is 27.3 Å². The minimum absolute atomic E-state index is 0.0715. The van der Waals surface area contributed by atoms with E-state index in [0.717, 1.165) is 10.9 Å². The molecule has 4 nitrogen and oxygen atoms in total. The smallest absolute Gasteiger partial charge is 0.308 e. The predicted octanol–water partition coefficient (Wildman–Crippen LogP) is 2.45. The first kappa shape index (κ1) is 12.6. The zero-order valence-electron chi connectivity index (χ0n) is 9.06. The lowest BCUT2D eigenvalue weighted by Crippen LogP contribution is -2.42. The van der Waals surface area contributed by atoms with Gasteiger partial charge in [0, 0.05) is 17.6 Å². The van der Waals surface area contributed by atoms with Gasteiger partial charge in [0.15, 0.2) is 0 Å². The van der Waals surface area contributed by atoms with E-state index in [2.05, 4.69) is 15.9 Å². The van der Waals surface area contributed by atoms with Crippen LogP contribution in [0.25, 0.3) is 0 Å². The minimum Gasteiger partial charge on any atom is -0.481 e. The first-order chi connectivity index (χ1) is 8.09. The lowest BCUT2D eigenvalue weighted by Gasteiger charge is -2.30. The van der Waals surface area contributed by atoms with Crippen LogP contribution < -0.4 is 0 Å². The summed E-state index contributed by atoms with van der Waals surface area (Å²) in [6.07, 6.45) is 1.41. The SMILES string of the molecule is O=C(O)[C@@H]1CCCN(C(=O)c2sccc2Br)C1. The van der Waals surface area contributed by atoms with E-state index < -0.39 is 11.9 Å². The van der Waals surface area contributed by atoms with Gasteiger partial charge in [-0.25, -0.2) is 0 Å². The summed E-state index contributed by atoms with van der Waals surface area (Å²) in [5.41, 5.74) is 0. The number of carboxylic acids is 1. The van der Waals surface area contributed by atoms with E-state index in [4.69, 9.17) is 5.11 Å². The van der Waals surface area contributed by atoms with E-state index in [1.54, 1.807) is 4.90 Å². The topological polar surface area (TPSA) is 57.6 Å². The number of amides is 1. The molecule has 1 aromatic heterocycles. The summed E-state index contributed by atoms with van der Waals surface area (Å²) in [4.78, 5) is 25.4. The molecule has 0 radical (unpaired) electrons. The Morgan fingerprint density at radius 1 is 1.53 bits per heavy atom. The molecule has 1 amide bonds. The highest BCUT2D eigenvalue weighted by Crippen LogP contribution is 2.26. The monoisotopic (exact) mass is 317 g/mol. The molecular formula is C11H12BrNO3S. The second-order valence-electron chi connectivity index (χ2n) is 4.03. The standard InChI is InChI=1S/C11H12BrNO3S/c12-8-3-5-17-9(8)10(14)13-4-1-2-7(6-13)11(15)16/h3,5,7H,1-2,4,6H2,(H,15,16)/t7-/m1/s1. The molecule has 17 heavy (non-hydrogen) atoms. The van der Waals surface area contributed by atoms with Gasteiger partial charge in [-0.05, 0) is 40.2 Å². The maximum absolute atomic E-state index is 12.2. The van der Waals surface area contributed by atoms with Crippen molar-refractivity contribution in [1.29, 1.82) is 0 Å². The van der Waals surface area contributed by atoms with Crippen LogP contribution in [0.3, 0.4) is 0 Å². The lowest BCUT2D eigenvalue weighted by molar-refractivity contribution is -0.143. The molecule has 1 aromatic rings. The molecule has 2 heterocycles. The fourth-order valence-corrected chi connectivity index (χ4v) is 3.46. The maximum atomic E-state index is 12.2. The highest BCUT2D eigenvalue weighted by Gasteiger charge is 2.29. The van der Waals surface area contributed by atoms with E-state index in [0.29, 0.717) is 24.4 Å². The summed E-state index contributed by atoms with van der Waals surface area (Å²) in [5.74, 6) is -1.31. The number of aliphatic carboxylic acids is 1. The molecule has 2 rings (SSSR count). The van der Waals surface area contributed by atoms with Gasteiger partial charge in [0.2, 0.25) is 0 Å². The van der Waals surface area contributed by atoms with Crippen molar-refractivity contribution in [2.75, 3.05) is 13.1 Å². The second-order valence-corrected chi connectivity index (χ2v) is 5.80. The molecule has 1 saturated heterocycles. The van der Waals surface area contributed by atoms with Gasteiger partial charge in [-0.15, -0.1) is 11.3 Å². The Hall–Kier alpha value is -0.880. The van der Waals surface area contributed by atoms with Crippen molar-refractivity contribution in [1.82, 2.24) is 4.90 Å². The molecule has 6 heteroatoms. The zero-order chi connectivity index (χ0) is 12.4. The number of carbonyl (C=O) groups excluding carboxylic acids is 1. The fraction of sp³-hybridized carbons (Fsp3) is 0.455. The number of likely N-dealkylation sites (tertiary alicyclic amines) is 1. The zero-order valence-corrected chi connectivity index (χ0v) is 11.5. The normalized spacial score (nSPS) is 20.3. The number of rotatable bonds is 2. The molecule has 1 atom stereocenters. The molecule has 92 valence electrons. The van der Waals surface area contributed by atoms with E-state index in [9.17, 15) is 9.59 Å². The summed E-state index contributed by atoms with van der Waals surface area (Å²) in [7, 11) is 0. The molecule has 0 saturated carbocycles. The van der Waals surface area contributed by atoms with Crippen LogP contribution in [-0.2, 0) is 4.79 Å². The fourth-order valence-electron chi connectivity index (χ4n) is 1.95. The molecule has 0 bridgehead atoms. The Morgan fingerprint density at radius 2 is 2.29 bits per heavy atom. The summed E-state index contributed by atoms with van der Waals surface area (Å²) in [6, 6.07) is 1.83. The Labute approximate surface area is 111 Å². The third-order valence-corrected chi connectivity index (χ3v) is 4.69. The van der Waals surface area contributed by atoms with E-state index >= 15 is 0 Å². The Balaban J connectivity index is 2.10. The first-order valence-electron chi connectivity index (χ1n) is 5.34. The number of carbonyl (C=O) groups is 2.